The molecule has 3 heteroatoms. The van der Waals surface area contributed by atoms with Gasteiger partial charge in [-0.15, -0.1) is 0 Å². The van der Waals surface area contributed by atoms with Gasteiger partial charge in [0, 0.05) is 24.1 Å². The Morgan fingerprint density at radius 1 is 0.938 bits per heavy atom. The van der Waals surface area contributed by atoms with Crippen molar-refractivity contribution in [2.24, 2.45) is 5.92 Å². The highest BCUT2D eigenvalue weighted by Gasteiger charge is 2.51. The zero-order chi connectivity index (χ0) is 22.0. The highest BCUT2D eigenvalue weighted by Crippen LogP contribution is 2.42. The van der Waals surface area contributed by atoms with Gasteiger partial charge in [-0.1, -0.05) is 80.1 Å². The van der Waals surface area contributed by atoms with Crippen LogP contribution in [0.3, 0.4) is 0 Å². The van der Waals surface area contributed by atoms with Gasteiger partial charge in [-0.05, 0) is 42.0 Å². The van der Waals surface area contributed by atoms with Gasteiger partial charge in [0.05, 0.1) is 13.1 Å². The molecule has 32 heavy (non-hydrogen) atoms. The minimum atomic E-state index is 0.221. The molecule has 3 saturated heterocycles. The van der Waals surface area contributed by atoms with Crippen molar-refractivity contribution in [3.63, 3.8) is 0 Å². The maximum Gasteiger partial charge on any atom is 0.258 e. The normalized spacial score (nSPS) is 24.5. The van der Waals surface area contributed by atoms with E-state index in [0.717, 1.165) is 59.1 Å². The van der Waals surface area contributed by atoms with E-state index in [1.54, 1.807) is 0 Å². The van der Waals surface area contributed by atoms with Crippen LogP contribution in [0.5, 0.6) is 0 Å². The molecule has 0 aliphatic carbocycles. The van der Waals surface area contributed by atoms with Crippen molar-refractivity contribution < 1.29 is 9.28 Å². The summed E-state index contributed by atoms with van der Waals surface area (Å²) in [5.74, 6) is 0.985. The van der Waals surface area contributed by atoms with Crippen molar-refractivity contribution in [2.45, 2.75) is 51.7 Å². The van der Waals surface area contributed by atoms with Crippen LogP contribution in [-0.4, -0.2) is 41.1 Å². The molecular formula is C29H35N2O+. The average molecular weight is 428 g/mol. The number of carbonyl (C=O) groups excluding carboxylic acids is 1. The van der Waals surface area contributed by atoms with E-state index in [1.165, 1.54) is 31.5 Å². The molecule has 3 aromatic rings. The summed E-state index contributed by atoms with van der Waals surface area (Å²) < 4.78 is 1.04. The van der Waals surface area contributed by atoms with Crippen LogP contribution in [0.1, 0.15) is 54.9 Å². The monoisotopic (exact) mass is 427 g/mol. The summed E-state index contributed by atoms with van der Waals surface area (Å²) >= 11 is 0. The molecule has 3 aromatic carbocycles. The average Bonchev–Trinajstić information content (AvgIpc) is 2.85. The number of quaternary nitrogens is 1. The number of nitrogens with zero attached hydrogens (tertiary/aromatic N) is 2. The molecular weight excluding hydrogens is 392 g/mol. The van der Waals surface area contributed by atoms with Crippen molar-refractivity contribution in [2.75, 3.05) is 19.6 Å². The summed E-state index contributed by atoms with van der Waals surface area (Å²) in [5, 5.41) is 2.22. The third-order valence-electron chi connectivity index (χ3n) is 7.88. The van der Waals surface area contributed by atoms with E-state index < -0.39 is 0 Å². The van der Waals surface area contributed by atoms with Gasteiger partial charge in [0.25, 0.3) is 5.91 Å². The fourth-order valence-corrected chi connectivity index (χ4v) is 6.11. The van der Waals surface area contributed by atoms with E-state index in [0.29, 0.717) is 0 Å². The number of amides is 1. The van der Waals surface area contributed by atoms with E-state index >= 15 is 0 Å². The summed E-state index contributed by atoms with van der Waals surface area (Å²) in [4.78, 5) is 16.4. The van der Waals surface area contributed by atoms with Crippen LogP contribution in [0.4, 0.5) is 0 Å². The van der Waals surface area contributed by atoms with Gasteiger partial charge in [0.2, 0.25) is 0 Å². The Hall–Kier alpha value is -2.65. The van der Waals surface area contributed by atoms with Gasteiger partial charge in [0.1, 0.15) is 6.54 Å². The maximum atomic E-state index is 14.2. The predicted molar refractivity (Wildman–Crippen MR) is 131 cm³/mol. The number of unbranched alkanes of at least 4 members (excludes halogenated alkanes) is 1. The van der Waals surface area contributed by atoms with Gasteiger partial charge >= 0.3 is 0 Å². The second kappa shape index (κ2) is 9.07. The first-order chi connectivity index (χ1) is 15.7. The summed E-state index contributed by atoms with van der Waals surface area (Å²) in [6.45, 7) is 6.49. The first-order valence-electron chi connectivity index (χ1n) is 12.4. The molecule has 0 spiro atoms. The van der Waals surface area contributed by atoms with Gasteiger partial charge in [-0.25, -0.2) is 0 Å². The fourth-order valence-electron chi connectivity index (χ4n) is 6.11. The number of piperidine rings is 3. The Balaban J connectivity index is 1.53. The van der Waals surface area contributed by atoms with Crippen molar-refractivity contribution in [1.29, 1.82) is 0 Å². The summed E-state index contributed by atoms with van der Waals surface area (Å²) in [7, 11) is 0. The van der Waals surface area contributed by atoms with Gasteiger partial charge in [0.15, 0.2) is 6.17 Å². The van der Waals surface area contributed by atoms with E-state index in [-0.39, 0.29) is 12.1 Å². The first kappa shape index (κ1) is 21.2. The molecule has 0 unspecified atom stereocenters. The zero-order valence-corrected chi connectivity index (χ0v) is 19.2. The molecule has 0 saturated carbocycles. The van der Waals surface area contributed by atoms with Crippen molar-refractivity contribution in [3.05, 3.63) is 83.9 Å². The Morgan fingerprint density at radius 3 is 2.44 bits per heavy atom. The van der Waals surface area contributed by atoms with Crippen molar-refractivity contribution >= 4 is 16.7 Å². The lowest BCUT2D eigenvalue weighted by Crippen LogP contribution is -2.69. The third-order valence-corrected chi connectivity index (χ3v) is 7.88. The Morgan fingerprint density at radius 2 is 1.66 bits per heavy atom. The summed E-state index contributed by atoms with van der Waals surface area (Å²) in [5.41, 5.74) is 2.26. The van der Waals surface area contributed by atoms with Crippen LogP contribution in [-0.2, 0) is 6.54 Å². The molecule has 2 bridgehead atoms. The van der Waals surface area contributed by atoms with Gasteiger partial charge in [-0.2, -0.15) is 0 Å². The Labute approximate surface area is 192 Å². The summed E-state index contributed by atoms with van der Waals surface area (Å²) in [6.07, 6.45) is 6.19. The highest BCUT2D eigenvalue weighted by atomic mass is 16.2. The van der Waals surface area contributed by atoms with E-state index in [2.05, 4.69) is 66.4 Å². The van der Waals surface area contributed by atoms with Crippen LogP contribution in [0.25, 0.3) is 10.8 Å². The lowest BCUT2D eigenvalue weighted by Gasteiger charge is -2.57. The Bertz CT molecular complexity index is 1060. The quantitative estimate of drug-likeness (QED) is 0.409. The molecule has 0 radical (unpaired) electrons. The standard InChI is InChI=1S/C29H35N2O/c1-2-3-18-30(29(32)27-15-9-13-25-12-7-8-14-26(25)27)28-21-23-16-19-31(28,20-17-23)22-24-10-5-4-6-11-24/h4-15,23,28H,2-3,16-22H2,1H3/q+1/t23?,28-,31?/m1/s1. The molecule has 1 amide bonds. The fraction of sp³-hybridized carbons (Fsp3) is 0.414. The third kappa shape index (κ3) is 3.95. The number of hydrogen-bond donors (Lipinski definition) is 0. The molecule has 166 valence electrons. The van der Waals surface area contributed by atoms with Gasteiger partial charge < -0.3 is 4.48 Å². The second-order valence-electron chi connectivity index (χ2n) is 9.85. The lowest BCUT2D eigenvalue weighted by molar-refractivity contribution is -0.987. The molecule has 3 nitrogen and oxygen atoms in total. The van der Waals surface area contributed by atoms with Crippen LogP contribution in [0.15, 0.2) is 72.8 Å². The molecule has 3 heterocycles. The molecule has 3 fully saturated rings. The highest BCUT2D eigenvalue weighted by molar-refractivity contribution is 6.07. The first-order valence-corrected chi connectivity index (χ1v) is 12.4. The molecule has 3 aliphatic heterocycles. The largest absolute Gasteiger partial charge is 0.300 e. The minimum absolute atomic E-state index is 0.221. The molecule has 6 rings (SSSR count). The SMILES string of the molecule is CCCCN(C(=O)c1cccc2ccccc12)[C@H]1CC2CC[N+]1(Cc1ccccc1)CC2. The number of benzene rings is 3. The predicted octanol–water partition coefficient (Wildman–Crippen LogP) is 6.24. The van der Waals surface area contributed by atoms with E-state index in [4.69, 9.17) is 0 Å². The van der Waals surface area contributed by atoms with Crippen LogP contribution >= 0.6 is 0 Å². The van der Waals surface area contributed by atoms with Crippen LogP contribution in [0, 0.1) is 5.92 Å². The van der Waals surface area contributed by atoms with Crippen LogP contribution < -0.4 is 0 Å². The van der Waals surface area contributed by atoms with Gasteiger partial charge in [-0.3, -0.25) is 9.69 Å². The zero-order valence-electron chi connectivity index (χ0n) is 19.2. The van der Waals surface area contributed by atoms with E-state index in [9.17, 15) is 4.79 Å². The number of fused-ring (bicyclic) bond motifs is 4. The Kier molecular flexibility index (Phi) is 6.01. The van der Waals surface area contributed by atoms with Crippen molar-refractivity contribution in [1.82, 2.24) is 4.90 Å². The summed E-state index contributed by atoms with van der Waals surface area (Å²) in [6, 6.07) is 25.4. The number of carbonyl (C=O) groups is 1. The molecule has 0 N–H and O–H groups in total. The second-order valence-corrected chi connectivity index (χ2v) is 9.85. The molecule has 3 aliphatic rings. The van der Waals surface area contributed by atoms with Crippen LogP contribution in [0.2, 0.25) is 0 Å². The smallest absolute Gasteiger partial charge is 0.258 e. The molecule has 1 atom stereocenters. The van der Waals surface area contributed by atoms with E-state index in [1.807, 2.05) is 18.2 Å². The molecule has 0 aromatic heterocycles. The number of rotatable bonds is 7. The maximum absolute atomic E-state index is 14.2. The topological polar surface area (TPSA) is 20.3 Å². The van der Waals surface area contributed by atoms with Crippen molar-refractivity contribution in [3.8, 4) is 0 Å². The minimum Gasteiger partial charge on any atom is -0.300 e. The lowest BCUT2D eigenvalue weighted by atomic mass is 9.82. The number of hydrogen-bond acceptors (Lipinski definition) is 1.